The quantitative estimate of drug-likeness (QED) is 0.782. The number of nitrogens with one attached hydrogen (secondary N) is 1. The first kappa shape index (κ1) is 14.2. The summed E-state index contributed by atoms with van der Waals surface area (Å²) in [7, 11) is 1.95. The van der Waals surface area contributed by atoms with Crippen LogP contribution in [-0.4, -0.2) is 17.0 Å². The number of nitrogens with zero attached hydrogens (tertiary/aromatic N) is 2. The first-order chi connectivity index (χ1) is 10.2. The van der Waals surface area contributed by atoms with Crippen molar-refractivity contribution in [3.05, 3.63) is 70.1 Å². The van der Waals surface area contributed by atoms with E-state index in [1.165, 1.54) is 5.56 Å². The lowest BCUT2D eigenvalue weighted by Crippen LogP contribution is -2.18. The van der Waals surface area contributed by atoms with Crippen LogP contribution in [-0.2, 0) is 0 Å². The van der Waals surface area contributed by atoms with Crippen LogP contribution in [0.1, 0.15) is 23.0 Å². The number of fused-ring (bicyclic) bond motifs is 1. The minimum Gasteiger partial charge on any atom is -0.308 e. The molecular weight excluding hydrogens is 326 g/mol. The molecule has 0 radical (unpaired) electrons. The second kappa shape index (κ2) is 5.92. The van der Waals surface area contributed by atoms with Crippen LogP contribution in [0.3, 0.4) is 0 Å². The Morgan fingerprint density at radius 2 is 1.95 bits per heavy atom. The molecule has 1 unspecified atom stereocenters. The van der Waals surface area contributed by atoms with E-state index < -0.39 is 0 Å². The van der Waals surface area contributed by atoms with Crippen LogP contribution in [0.15, 0.2) is 53.1 Å². The minimum absolute atomic E-state index is 0.0730. The normalized spacial score (nSPS) is 12.5. The fourth-order valence-electron chi connectivity index (χ4n) is 2.47. The number of hydrogen-bond acceptors (Lipinski definition) is 3. The van der Waals surface area contributed by atoms with Crippen LogP contribution < -0.4 is 5.32 Å². The third-order valence-corrected chi connectivity index (χ3v) is 3.99. The van der Waals surface area contributed by atoms with Gasteiger partial charge in [0.1, 0.15) is 0 Å². The zero-order valence-corrected chi connectivity index (χ0v) is 13.6. The molecule has 4 heteroatoms. The summed E-state index contributed by atoms with van der Waals surface area (Å²) in [5, 5.41) is 4.48. The molecule has 0 bridgehead atoms. The largest absolute Gasteiger partial charge is 0.308 e. The van der Waals surface area contributed by atoms with E-state index in [1.807, 2.05) is 38.4 Å². The van der Waals surface area contributed by atoms with E-state index in [2.05, 4.69) is 55.5 Å². The lowest BCUT2D eigenvalue weighted by molar-refractivity contribution is 0.671. The molecule has 21 heavy (non-hydrogen) atoms. The molecule has 0 aliphatic heterocycles. The van der Waals surface area contributed by atoms with Gasteiger partial charge in [0.05, 0.1) is 17.3 Å². The molecular formula is C17H16BrN3. The van der Waals surface area contributed by atoms with E-state index in [-0.39, 0.29) is 6.04 Å². The smallest absolute Gasteiger partial charge is 0.0749 e. The first-order valence-electron chi connectivity index (χ1n) is 6.83. The summed E-state index contributed by atoms with van der Waals surface area (Å²) >= 11 is 3.42. The fraction of sp³-hybridized carbons (Fsp3) is 0.176. The molecule has 1 N–H and O–H groups in total. The lowest BCUT2D eigenvalue weighted by atomic mass is 10.0. The average molecular weight is 342 g/mol. The van der Waals surface area contributed by atoms with Crippen molar-refractivity contribution in [3.63, 3.8) is 0 Å². The Morgan fingerprint density at radius 1 is 1.10 bits per heavy atom. The van der Waals surface area contributed by atoms with Gasteiger partial charge in [-0.1, -0.05) is 12.1 Å². The molecule has 0 aliphatic carbocycles. The van der Waals surface area contributed by atoms with Gasteiger partial charge in [-0.05, 0) is 65.8 Å². The van der Waals surface area contributed by atoms with Crippen molar-refractivity contribution >= 4 is 26.8 Å². The Bertz CT molecular complexity index is 769. The molecule has 2 aromatic heterocycles. The number of rotatable bonds is 3. The van der Waals surface area contributed by atoms with Gasteiger partial charge in [0.25, 0.3) is 0 Å². The average Bonchev–Trinajstić information content (AvgIpc) is 2.50. The predicted molar refractivity (Wildman–Crippen MR) is 89.3 cm³/mol. The molecule has 0 fully saturated rings. The Kier molecular flexibility index (Phi) is 3.99. The van der Waals surface area contributed by atoms with Crippen LogP contribution >= 0.6 is 15.9 Å². The van der Waals surface area contributed by atoms with Crippen molar-refractivity contribution < 1.29 is 0 Å². The maximum Gasteiger partial charge on any atom is 0.0749 e. The maximum absolute atomic E-state index is 4.54. The van der Waals surface area contributed by atoms with Crippen molar-refractivity contribution in [2.45, 2.75) is 13.0 Å². The first-order valence-corrected chi connectivity index (χ1v) is 7.63. The summed E-state index contributed by atoms with van der Waals surface area (Å²) < 4.78 is 0.985. The van der Waals surface area contributed by atoms with E-state index >= 15 is 0 Å². The van der Waals surface area contributed by atoms with Gasteiger partial charge in [0, 0.05) is 21.7 Å². The highest BCUT2D eigenvalue weighted by atomic mass is 79.9. The highest BCUT2D eigenvalue weighted by Crippen LogP contribution is 2.24. The number of aromatic nitrogens is 2. The summed E-state index contributed by atoms with van der Waals surface area (Å²) in [4.78, 5) is 9.04. The summed E-state index contributed by atoms with van der Waals surface area (Å²) in [5.74, 6) is 0. The van der Waals surface area contributed by atoms with E-state index in [9.17, 15) is 0 Å². The Hall–Kier alpha value is -1.78. The highest BCUT2D eigenvalue weighted by Gasteiger charge is 2.13. The van der Waals surface area contributed by atoms with Crippen LogP contribution in [0.4, 0.5) is 0 Å². The summed E-state index contributed by atoms with van der Waals surface area (Å²) in [6.45, 7) is 2.01. The third kappa shape index (κ3) is 2.96. The topological polar surface area (TPSA) is 37.8 Å². The standard InChI is InChI=1S/C17H16BrN3/c1-11-3-4-12-9-13(5-7-15(12)21-11)17(19-2)16-8-6-14(18)10-20-16/h3-10,17,19H,1-2H3. The number of aryl methyl sites for hydroxylation is 1. The van der Waals surface area contributed by atoms with Gasteiger partial charge < -0.3 is 5.32 Å². The van der Waals surface area contributed by atoms with Gasteiger partial charge >= 0.3 is 0 Å². The van der Waals surface area contributed by atoms with Crippen LogP contribution in [0.25, 0.3) is 10.9 Å². The molecule has 106 valence electrons. The Balaban J connectivity index is 2.04. The fourth-order valence-corrected chi connectivity index (χ4v) is 2.70. The molecule has 0 saturated carbocycles. The molecule has 3 rings (SSSR count). The van der Waals surface area contributed by atoms with E-state index in [4.69, 9.17) is 0 Å². The number of halogens is 1. The molecule has 2 heterocycles. The van der Waals surface area contributed by atoms with Gasteiger partial charge in [-0.3, -0.25) is 9.97 Å². The zero-order valence-electron chi connectivity index (χ0n) is 12.0. The monoisotopic (exact) mass is 341 g/mol. The molecule has 0 amide bonds. The molecule has 1 atom stereocenters. The van der Waals surface area contributed by atoms with Crippen LogP contribution in [0.2, 0.25) is 0 Å². The summed E-state index contributed by atoms with van der Waals surface area (Å²) in [5.41, 5.74) is 4.25. The molecule has 3 nitrogen and oxygen atoms in total. The van der Waals surface area contributed by atoms with E-state index in [1.54, 1.807) is 0 Å². The van der Waals surface area contributed by atoms with Crippen molar-refractivity contribution in [3.8, 4) is 0 Å². The maximum atomic E-state index is 4.54. The highest BCUT2D eigenvalue weighted by molar-refractivity contribution is 9.10. The van der Waals surface area contributed by atoms with Gasteiger partial charge in [0.15, 0.2) is 0 Å². The van der Waals surface area contributed by atoms with Gasteiger partial charge in [-0.15, -0.1) is 0 Å². The van der Waals surface area contributed by atoms with Crippen molar-refractivity contribution in [2.75, 3.05) is 7.05 Å². The number of pyridine rings is 2. The van der Waals surface area contributed by atoms with E-state index in [0.717, 1.165) is 26.8 Å². The lowest BCUT2D eigenvalue weighted by Gasteiger charge is -2.17. The van der Waals surface area contributed by atoms with E-state index in [0.29, 0.717) is 0 Å². The third-order valence-electron chi connectivity index (χ3n) is 3.52. The van der Waals surface area contributed by atoms with Crippen molar-refractivity contribution in [1.29, 1.82) is 0 Å². The molecule has 1 aromatic carbocycles. The Morgan fingerprint density at radius 3 is 2.67 bits per heavy atom. The molecule has 0 aliphatic rings. The zero-order chi connectivity index (χ0) is 14.8. The number of benzene rings is 1. The minimum atomic E-state index is 0.0730. The molecule has 0 spiro atoms. The molecule has 3 aromatic rings. The van der Waals surface area contributed by atoms with Gasteiger partial charge in [-0.25, -0.2) is 0 Å². The van der Waals surface area contributed by atoms with Gasteiger partial charge in [-0.2, -0.15) is 0 Å². The second-order valence-electron chi connectivity index (χ2n) is 5.03. The van der Waals surface area contributed by atoms with Crippen molar-refractivity contribution in [2.24, 2.45) is 0 Å². The van der Waals surface area contributed by atoms with Gasteiger partial charge in [0.2, 0.25) is 0 Å². The second-order valence-corrected chi connectivity index (χ2v) is 5.94. The number of hydrogen-bond donors (Lipinski definition) is 1. The Labute approximate surface area is 132 Å². The molecule has 0 saturated heterocycles. The SMILES string of the molecule is CNC(c1ccc2nc(C)ccc2c1)c1ccc(Br)cn1. The summed E-state index contributed by atoms with van der Waals surface area (Å²) in [6.07, 6.45) is 1.83. The predicted octanol–water partition coefficient (Wildman–Crippen LogP) is 4.01. The van der Waals surface area contributed by atoms with Crippen LogP contribution in [0, 0.1) is 6.92 Å². The van der Waals surface area contributed by atoms with Crippen molar-refractivity contribution in [1.82, 2.24) is 15.3 Å². The van der Waals surface area contributed by atoms with Crippen LogP contribution in [0.5, 0.6) is 0 Å². The summed E-state index contributed by atoms with van der Waals surface area (Å²) in [6, 6.07) is 14.6.